The van der Waals surface area contributed by atoms with Crippen molar-refractivity contribution < 1.29 is 14.4 Å². The molecule has 0 atom stereocenters. The molecule has 0 aromatic carbocycles. The number of nitrogens with one attached hydrogen (secondary N) is 1. The molecule has 6 nitrogen and oxygen atoms in total. The highest BCUT2D eigenvalue weighted by atomic mass is 16.2. The molecule has 0 aromatic heterocycles. The molecule has 1 aliphatic rings. The minimum absolute atomic E-state index is 0.0209. The lowest BCUT2D eigenvalue weighted by Gasteiger charge is -2.22. The van der Waals surface area contributed by atoms with E-state index in [9.17, 15) is 14.4 Å². The monoisotopic (exact) mass is 339 g/mol. The van der Waals surface area contributed by atoms with Crippen molar-refractivity contribution in [1.29, 1.82) is 0 Å². The van der Waals surface area contributed by atoms with Gasteiger partial charge in [-0.05, 0) is 12.8 Å². The minimum atomic E-state index is -0.793. The van der Waals surface area contributed by atoms with Crippen molar-refractivity contribution in [3.05, 3.63) is 0 Å². The Morgan fingerprint density at radius 1 is 0.917 bits per heavy atom. The Labute approximate surface area is 145 Å². The van der Waals surface area contributed by atoms with Crippen LogP contribution in [0.25, 0.3) is 0 Å². The van der Waals surface area contributed by atoms with Crippen molar-refractivity contribution in [1.82, 2.24) is 10.2 Å². The number of hydrogen-bond donors (Lipinski definition) is 2. The van der Waals surface area contributed by atoms with E-state index in [4.69, 9.17) is 5.73 Å². The molecule has 6 heteroatoms. The van der Waals surface area contributed by atoms with Crippen molar-refractivity contribution in [3.63, 3.8) is 0 Å². The van der Waals surface area contributed by atoms with Gasteiger partial charge in [-0.15, -0.1) is 0 Å². The summed E-state index contributed by atoms with van der Waals surface area (Å²) in [6.45, 7) is 1.51. The normalized spacial score (nSPS) is 18.1. The van der Waals surface area contributed by atoms with Crippen LogP contribution in [-0.2, 0) is 14.4 Å². The van der Waals surface area contributed by atoms with Gasteiger partial charge in [-0.3, -0.25) is 19.3 Å². The van der Waals surface area contributed by atoms with E-state index >= 15 is 0 Å². The predicted molar refractivity (Wildman–Crippen MR) is 94.2 cm³/mol. The minimum Gasteiger partial charge on any atom is -0.345 e. The zero-order chi connectivity index (χ0) is 17.8. The van der Waals surface area contributed by atoms with Crippen LogP contribution in [0.4, 0.5) is 0 Å². The van der Waals surface area contributed by atoms with Gasteiger partial charge < -0.3 is 11.1 Å². The van der Waals surface area contributed by atoms with E-state index in [1.54, 1.807) is 0 Å². The molecule has 24 heavy (non-hydrogen) atoms. The Kier molecular flexibility index (Phi) is 10.3. The molecule has 1 fully saturated rings. The van der Waals surface area contributed by atoms with Crippen molar-refractivity contribution in [2.24, 2.45) is 5.73 Å². The van der Waals surface area contributed by atoms with Crippen LogP contribution in [0.1, 0.15) is 77.6 Å². The van der Waals surface area contributed by atoms with E-state index in [0.717, 1.165) is 30.6 Å². The largest absolute Gasteiger partial charge is 0.345 e. The van der Waals surface area contributed by atoms with Gasteiger partial charge >= 0.3 is 11.8 Å². The molecule has 0 bridgehead atoms. The van der Waals surface area contributed by atoms with Gasteiger partial charge in [0.05, 0.1) is 0 Å². The molecule has 0 spiro atoms. The number of imide groups is 1. The highest BCUT2D eigenvalue weighted by Gasteiger charge is 2.26. The first-order valence-corrected chi connectivity index (χ1v) is 9.39. The van der Waals surface area contributed by atoms with Crippen molar-refractivity contribution >= 4 is 17.7 Å². The van der Waals surface area contributed by atoms with Gasteiger partial charge in [-0.2, -0.15) is 0 Å². The molecule has 0 heterocycles. The van der Waals surface area contributed by atoms with Crippen molar-refractivity contribution in [2.45, 2.75) is 83.6 Å². The van der Waals surface area contributed by atoms with Crippen LogP contribution in [-0.4, -0.2) is 41.8 Å². The van der Waals surface area contributed by atoms with E-state index in [1.807, 2.05) is 0 Å². The zero-order valence-corrected chi connectivity index (χ0v) is 15.0. The van der Waals surface area contributed by atoms with Gasteiger partial charge in [-0.1, -0.05) is 57.8 Å². The van der Waals surface area contributed by atoms with Gasteiger partial charge in [0.15, 0.2) is 0 Å². The molecule has 138 valence electrons. The molecule has 0 saturated heterocycles. The third-order valence-corrected chi connectivity index (χ3v) is 4.61. The van der Waals surface area contributed by atoms with Crippen molar-refractivity contribution in [2.75, 3.05) is 13.1 Å². The van der Waals surface area contributed by atoms with E-state index in [1.165, 1.54) is 51.9 Å². The van der Waals surface area contributed by atoms with Crippen LogP contribution in [0, 0.1) is 0 Å². The molecule has 1 aliphatic carbocycles. The molecule has 1 saturated carbocycles. The predicted octanol–water partition coefficient (Wildman–Crippen LogP) is 2.11. The quantitative estimate of drug-likeness (QED) is 0.770. The maximum Gasteiger partial charge on any atom is 0.318 e. The van der Waals surface area contributed by atoms with E-state index < -0.39 is 17.7 Å². The Morgan fingerprint density at radius 3 is 1.79 bits per heavy atom. The van der Waals surface area contributed by atoms with Gasteiger partial charge in [-0.25, -0.2) is 0 Å². The summed E-state index contributed by atoms with van der Waals surface area (Å²) >= 11 is 0. The third-order valence-electron chi connectivity index (χ3n) is 4.61. The summed E-state index contributed by atoms with van der Waals surface area (Å²) in [7, 11) is 0. The van der Waals surface area contributed by atoms with Crippen LogP contribution < -0.4 is 11.1 Å². The molecule has 0 unspecified atom stereocenters. The lowest BCUT2D eigenvalue weighted by molar-refractivity contribution is -0.152. The lowest BCUT2D eigenvalue weighted by atomic mass is 9.98. The second-order valence-electron chi connectivity index (χ2n) is 6.69. The average Bonchev–Trinajstić information content (AvgIpc) is 2.54. The number of amides is 3. The molecular weight excluding hydrogens is 306 g/mol. The molecule has 3 amide bonds. The summed E-state index contributed by atoms with van der Waals surface area (Å²) < 4.78 is 0. The Morgan fingerprint density at radius 2 is 1.38 bits per heavy atom. The summed E-state index contributed by atoms with van der Waals surface area (Å²) in [6.07, 6.45) is 12.7. The first-order valence-electron chi connectivity index (χ1n) is 9.39. The Bertz CT molecular complexity index is 400. The number of rotatable bonds is 3. The molecule has 3 N–H and O–H groups in total. The summed E-state index contributed by atoms with van der Waals surface area (Å²) in [5.74, 6) is -1.92. The number of carbonyl (C=O) groups is 3. The highest BCUT2D eigenvalue weighted by molar-refractivity contribution is 6.37. The van der Waals surface area contributed by atoms with Crippen molar-refractivity contribution in [3.8, 4) is 0 Å². The van der Waals surface area contributed by atoms with E-state index in [0.29, 0.717) is 0 Å². The smallest absolute Gasteiger partial charge is 0.318 e. The third kappa shape index (κ3) is 7.90. The Balaban J connectivity index is 2.55. The molecular formula is C18H33N3O3. The number of hydrogen-bond acceptors (Lipinski definition) is 4. The van der Waals surface area contributed by atoms with Crippen LogP contribution in [0.15, 0.2) is 0 Å². The van der Waals surface area contributed by atoms with Crippen LogP contribution in [0.2, 0.25) is 0 Å². The molecule has 0 aromatic rings. The molecule has 0 aliphatic heterocycles. The summed E-state index contributed by atoms with van der Waals surface area (Å²) in [5, 5.41) is 2.84. The number of carbonyl (C=O) groups excluding carboxylic acids is 3. The van der Waals surface area contributed by atoms with Crippen LogP contribution in [0.5, 0.6) is 0 Å². The fraction of sp³-hybridized carbons (Fsp3) is 0.833. The molecule has 0 radical (unpaired) electrons. The maximum absolute atomic E-state index is 12.2. The van der Waals surface area contributed by atoms with Gasteiger partial charge in [0.2, 0.25) is 5.91 Å². The van der Waals surface area contributed by atoms with Crippen LogP contribution >= 0.6 is 0 Å². The van der Waals surface area contributed by atoms with E-state index in [-0.39, 0.29) is 19.1 Å². The summed E-state index contributed by atoms with van der Waals surface area (Å²) in [6, 6.07) is 0.0209. The fourth-order valence-electron chi connectivity index (χ4n) is 3.21. The van der Waals surface area contributed by atoms with Crippen LogP contribution in [0.3, 0.4) is 0 Å². The first kappa shape index (κ1) is 20.6. The topological polar surface area (TPSA) is 92.5 Å². The van der Waals surface area contributed by atoms with Gasteiger partial charge in [0.25, 0.3) is 0 Å². The average molecular weight is 339 g/mol. The second kappa shape index (κ2) is 12.0. The van der Waals surface area contributed by atoms with Gasteiger partial charge in [0.1, 0.15) is 0 Å². The second-order valence-corrected chi connectivity index (χ2v) is 6.69. The standard InChI is InChI=1S/C18H33N3O3/c1-15(22)21(14-13-19)18(24)17(23)20-16-11-9-7-5-3-2-4-6-8-10-12-16/h16H,2-14,19H2,1H3,(H,20,23). The molecule has 1 rings (SSSR count). The summed E-state index contributed by atoms with van der Waals surface area (Å²) in [4.78, 5) is 36.8. The highest BCUT2D eigenvalue weighted by Crippen LogP contribution is 2.17. The zero-order valence-electron chi connectivity index (χ0n) is 15.0. The Hall–Kier alpha value is -1.43. The summed E-state index contributed by atoms with van der Waals surface area (Å²) in [5.41, 5.74) is 5.41. The number of nitrogens with zero attached hydrogens (tertiary/aromatic N) is 1. The fourth-order valence-corrected chi connectivity index (χ4v) is 3.21. The first-order chi connectivity index (χ1) is 11.6. The lowest BCUT2D eigenvalue weighted by Crippen LogP contribution is -2.49. The number of nitrogens with two attached hydrogens (primary N) is 1. The van der Waals surface area contributed by atoms with E-state index in [2.05, 4.69) is 5.32 Å². The SMILES string of the molecule is CC(=O)N(CCN)C(=O)C(=O)NC1CCCCCCCCCCC1. The maximum atomic E-state index is 12.2. The van der Waals surface area contributed by atoms with Gasteiger partial charge in [0, 0.05) is 26.1 Å².